The lowest BCUT2D eigenvalue weighted by atomic mass is 10.2. The van der Waals surface area contributed by atoms with Crippen molar-refractivity contribution in [3.63, 3.8) is 0 Å². The summed E-state index contributed by atoms with van der Waals surface area (Å²) in [6.45, 7) is 3.10. The Kier molecular flexibility index (Phi) is 6.09. The molecule has 0 aliphatic carbocycles. The lowest BCUT2D eigenvalue weighted by Crippen LogP contribution is -2.28. The highest BCUT2D eigenvalue weighted by Crippen LogP contribution is 2.27. The number of carbonyl (C=O) groups excluding carboxylic acids is 1. The van der Waals surface area contributed by atoms with Crippen LogP contribution >= 0.6 is 23.1 Å². The molecule has 11 heteroatoms. The fourth-order valence-electron chi connectivity index (χ4n) is 3.99. The summed E-state index contributed by atoms with van der Waals surface area (Å²) in [5.74, 6) is 1.01. The summed E-state index contributed by atoms with van der Waals surface area (Å²) < 4.78 is 15.2. The SMILES string of the molecule is COc1ccc(C)cc1NC(=O)CSc1nnc2n(CC3CCCO3)c(=O)c3sccc3n12. The number of carbonyl (C=O) groups is 1. The Labute approximate surface area is 197 Å². The van der Waals surface area contributed by atoms with E-state index in [9.17, 15) is 9.59 Å². The normalized spacial score (nSPS) is 16.0. The van der Waals surface area contributed by atoms with Gasteiger partial charge in [0.1, 0.15) is 10.4 Å². The van der Waals surface area contributed by atoms with Crippen LogP contribution in [0.25, 0.3) is 16.0 Å². The Morgan fingerprint density at radius 2 is 2.24 bits per heavy atom. The molecule has 9 nitrogen and oxygen atoms in total. The molecule has 0 saturated carbocycles. The Morgan fingerprint density at radius 3 is 3.03 bits per heavy atom. The number of aryl methyl sites for hydroxylation is 1. The third kappa shape index (κ3) is 4.23. The van der Waals surface area contributed by atoms with Crippen LogP contribution in [0.4, 0.5) is 5.69 Å². The van der Waals surface area contributed by atoms with Gasteiger partial charge in [-0.3, -0.25) is 18.6 Å². The van der Waals surface area contributed by atoms with Crippen molar-refractivity contribution in [2.75, 3.05) is 24.8 Å². The van der Waals surface area contributed by atoms with Gasteiger partial charge in [0.15, 0.2) is 5.16 Å². The van der Waals surface area contributed by atoms with Crippen LogP contribution in [-0.4, -0.2) is 50.6 Å². The Balaban J connectivity index is 1.42. The number of thiophene rings is 1. The molecule has 0 bridgehead atoms. The first-order valence-electron chi connectivity index (χ1n) is 10.6. The standard InChI is InChI=1S/C22H23N5O4S2/c1-13-5-6-17(30-2)15(10-13)23-18(28)12-33-22-25-24-21-26(11-14-4-3-8-31-14)20(29)19-16(27(21)22)7-9-32-19/h5-7,9-10,14H,3-4,8,11-12H2,1-2H3,(H,23,28). The highest BCUT2D eigenvalue weighted by molar-refractivity contribution is 7.99. The molecule has 0 radical (unpaired) electrons. The summed E-state index contributed by atoms with van der Waals surface area (Å²) in [5, 5.41) is 13.9. The molecule has 1 aromatic carbocycles. The van der Waals surface area contributed by atoms with Gasteiger partial charge in [0.25, 0.3) is 5.56 Å². The molecule has 172 valence electrons. The Morgan fingerprint density at radius 1 is 1.36 bits per heavy atom. The Hall–Kier alpha value is -2.89. The van der Waals surface area contributed by atoms with Crippen LogP contribution in [-0.2, 0) is 16.1 Å². The second-order valence-electron chi connectivity index (χ2n) is 7.84. The van der Waals surface area contributed by atoms with Crippen molar-refractivity contribution >= 4 is 50.7 Å². The summed E-state index contributed by atoms with van der Waals surface area (Å²) in [6.07, 6.45) is 1.90. The number of nitrogens with zero attached hydrogens (tertiary/aromatic N) is 4. The van der Waals surface area contributed by atoms with E-state index in [1.807, 2.05) is 41.0 Å². The van der Waals surface area contributed by atoms with Crippen molar-refractivity contribution in [1.29, 1.82) is 0 Å². The van der Waals surface area contributed by atoms with E-state index in [0.717, 1.165) is 23.9 Å². The van der Waals surface area contributed by atoms with Gasteiger partial charge in [-0.2, -0.15) is 0 Å². The summed E-state index contributed by atoms with van der Waals surface area (Å²) in [6, 6.07) is 7.50. The van der Waals surface area contributed by atoms with Gasteiger partial charge in [-0.05, 0) is 48.9 Å². The minimum atomic E-state index is -0.185. The highest BCUT2D eigenvalue weighted by Gasteiger charge is 2.23. The van der Waals surface area contributed by atoms with Gasteiger partial charge in [-0.1, -0.05) is 17.8 Å². The lowest BCUT2D eigenvalue weighted by molar-refractivity contribution is -0.113. The van der Waals surface area contributed by atoms with E-state index in [0.29, 0.717) is 40.2 Å². The predicted octanol–water partition coefficient (Wildman–Crippen LogP) is 3.33. The van der Waals surface area contributed by atoms with Crippen molar-refractivity contribution in [3.05, 3.63) is 45.6 Å². The molecule has 1 saturated heterocycles. The zero-order valence-electron chi connectivity index (χ0n) is 18.2. The van der Waals surface area contributed by atoms with E-state index in [-0.39, 0.29) is 23.3 Å². The maximum Gasteiger partial charge on any atom is 0.272 e. The number of ether oxygens (including phenoxy) is 2. The lowest BCUT2D eigenvalue weighted by Gasteiger charge is -2.13. The minimum absolute atomic E-state index is 0.00759. The summed E-state index contributed by atoms with van der Waals surface area (Å²) in [4.78, 5) is 25.8. The zero-order valence-corrected chi connectivity index (χ0v) is 19.9. The fourth-order valence-corrected chi connectivity index (χ4v) is 5.55. The molecule has 1 aliphatic heterocycles. The van der Waals surface area contributed by atoms with Gasteiger partial charge in [0, 0.05) is 6.61 Å². The smallest absolute Gasteiger partial charge is 0.272 e. The molecule has 1 aliphatic rings. The van der Waals surface area contributed by atoms with Crippen molar-refractivity contribution in [3.8, 4) is 5.75 Å². The fraction of sp³-hybridized carbons (Fsp3) is 0.364. The number of benzene rings is 1. The maximum atomic E-state index is 13.1. The predicted molar refractivity (Wildman–Crippen MR) is 129 cm³/mol. The van der Waals surface area contributed by atoms with Gasteiger partial charge in [0.2, 0.25) is 11.7 Å². The van der Waals surface area contributed by atoms with Crippen LogP contribution in [0.3, 0.4) is 0 Å². The summed E-state index contributed by atoms with van der Waals surface area (Å²) >= 11 is 2.66. The molecule has 1 amide bonds. The van der Waals surface area contributed by atoms with Crippen molar-refractivity contribution in [2.45, 2.75) is 37.6 Å². The molecular formula is C22H23N5O4S2. The second kappa shape index (κ2) is 9.16. The summed E-state index contributed by atoms with van der Waals surface area (Å²) in [5.41, 5.74) is 2.30. The van der Waals surface area contributed by atoms with Gasteiger partial charge < -0.3 is 14.8 Å². The molecule has 1 unspecified atom stereocenters. The molecule has 33 heavy (non-hydrogen) atoms. The number of methoxy groups -OCH3 is 1. The number of anilines is 1. The van der Waals surface area contributed by atoms with Crippen LogP contribution < -0.4 is 15.6 Å². The molecule has 4 aromatic rings. The minimum Gasteiger partial charge on any atom is -0.495 e. The molecule has 0 spiro atoms. The third-order valence-electron chi connectivity index (χ3n) is 5.55. The van der Waals surface area contributed by atoms with Crippen molar-refractivity contribution < 1.29 is 14.3 Å². The first-order valence-corrected chi connectivity index (χ1v) is 12.5. The quantitative estimate of drug-likeness (QED) is 0.401. The monoisotopic (exact) mass is 485 g/mol. The van der Waals surface area contributed by atoms with Crippen molar-refractivity contribution in [1.82, 2.24) is 19.2 Å². The topological polar surface area (TPSA) is 99.8 Å². The second-order valence-corrected chi connectivity index (χ2v) is 9.70. The maximum absolute atomic E-state index is 13.1. The van der Waals surface area contributed by atoms with Gasteiger partial charge >= 0.3 is 0 Å². The van der Waals surface area contributed by atoms with Gasteiger partial charge in [-0.25, -0.2) is 0 Å². The van der Waals surface area contributed by atoms with E-state index in [2.05, 4.69) is 15.5 Å². The van der Waals surface area contributed by atoms with Gasteiger partial charge in [0.05, 0.1) is 36.7 Å². The van der Waals surface area contributed by atoms with Crippen LogP contribution in [0.15, 0.2) is 39.6 Å². The molecular weight excluding hydrogens is 462 g/mol. The number of fused-ring (bicyclic) bond motifs is 3. The van der Waals surface area contributed by atoms with Crippen LogP contribution in [0.2, 0.25) is 0 Å². The van der Waals surface area contributed by atoms with E-state index in [4.69, 9.17) is 9.47 Å². The van der Waals surface area contributed by atoms with Crippen LogP contribution in [0.5, 0.6) is 5.75 Å². The number of aromatic nitrogens is 4. The molecule has 5 rings (SSSR count). The Bertz CT molecular complexity index is 1390. The van der Waals surface area contributed by atoms with Crippen molar-refractivity contribution in [2.24, 2.45) is 0 Å². The average Bonchev–Trinajstić information content (AvgIpc) is 3.56. The number of hydrogen-bond donors (Lipinski definition) is 1. The average molecular weight is 486 g/mol. The number of nitrogens with one attached hydrogen (secondary N) is 1. The van der Waals surface area contributed by atoms with E-state index >= 15 is 0 Å². The third-order valence-corrected chi connectivity index (χ3v) is 7.37. The highest BCUT2D eigenvalue weighted by atomic mass is 32.2. The molecule has 4 heterocycles. The van der Waals surface area contributed by atoms with Gasteiger partial charge in [-0.15, -0.1) is 21.5 Å². The number of hydrogen-bond acceptors (Lipinski definition) is 8. The molecule has 1 N–H and O–H groups in total. The zero-order chi connectivity index (χ0) is 22.9. The molecule has 3 aromatic heterocycles. The van der Waals surface area contributed by atoms with E-state index in [1.54, 1.807) is 11.7 Å². The summed E-state index contributed by atoms with van der Waals surface area (Å²) in [7, 11) is 1.57. The number of rotatable bonds is 7. The number of thioether (sulfide) groups is 1. The van der Waals surface area contributed by atoms with E-state index in [1.165, 1.54) is 23.1 Å². The first kappa shape index (κ1) is 21.9. The van der Waals surface area contributed by atoms with Crippen LogP contribution in [0, 0.1) is 6.92 Å². The van der Waals surface area contributed by atoms with E-state index < -0.39 is 0 Å². The largest absolute Gasteiger partial charge is 0.495 e. The molecule has 1 fully saturated rings. The number of amides is 1. The first-order chi connectivity index (χ1) is 16.0. The molecule has 1 atom stereocenters. The van der Waals surface area contributed by atoms with Crippen LogP contribution in [0.1, 0.15) is 18.4 Å².